The first-order chi connectivity index (χ1) is 11.0. The van der Waals surface area contributed by atoms with Crippen LogP contribution in [-0.4, -0.2) is 0 Å². The third-order valence-corrected chi connectivity index (χ3v) is 7.11. The first-order valence-electron chi connectivity index (χ1n) is 9.08. The summed E-state index contributed by atoms with van der Waals surface area (Å²) < 4.78 is 0. The maximum atomic E-state index is 6.21. The molecule has 120 valence electrons. The Bertz CT molecular complexity index is 732. The molecule has 2 fully saturated rings. The van der Waals surface area contributed by atoms with E-state index in [9.17, 15) is 0 Å². The lowest BCUT2D eigenvalue weighted by molar-refractivity contribution is 0.0817. The molecule has 0 bridgehead atoms. The average molecular weight is 305 g/mol. The van der Waals surface area contributed by atoms with E-state index in [1.54, 1.807) is 5.56 Å². The van der Waals surface area contributed by atoms with Crippen molar-refractivity contribution in [3.8, 4) is 11.8 Å². The van der Waals surface area contributed by atoms with Crippen molar-refractivity contribution in [2.24, 2.45) is 17.3 Å². The number of benzene rings is 1. The minimum atomic E-state index is 0.401. The van der Waals surface area contributed by atoms with Crippen molar-refractivity contribution in [3.63, 3.8) is 0 Å². The Hall–Kier alpha value is -1.68. The van der Waals surface area contributed by atoms with Crippen molar-refractivity contribution in [1.82, 2.24) is 0 Å². The summed E-state index contributed by atoms with van der Waals surface area (Å²) in [6.07, 6.45) is 7.69. The standard InChI is InChI=1S/C22H27N/c1-4-5-16-12-19-15(13-21(16)23)7-8-18-17(19)10-11-22(3)14(2)6-9-20(18)22/h12-13,17-18,20H,2,6-11,23H2,1,3H3. The van der Waals surface area contributed by atoms with Gasteiger partial charge >= 0.3 is 0 Å². The number of allylic oxidation sites excluding steroid dienone is 1. The van der Waals surface area contributed by atoms with Gasteiger partial charge in [0, 0.05) is 11.3 Å². The van der Waals surface area contributed by atoms with Gasteiger partial charge < -0.3 is 5.73 Å². The Morgan fingerprint density at radius 2 is 2.04 bits per heavy atom. The number of fused-ring (bicyclic) bond motifs is 5. The zero-order valence-electron chi connectivity index (χ0n) is 14.4. The fourth-order valence-corrected chi connectivity index (χ4v) is 5.79. The second kappa shape index (κ2) is 5.17. The molecule has 0 heterocycles. The van der Waals surface area contributed by atoms with Crippen molar-refractivity contribution < 1.29 is 0 Å². The van der Waals surface area contributed by atoms with Crippen LogP contribution < -0.4 is 5.73 Å². The van der Waals surface area contributed by atoms with Crippen LogP contribution in [0.2, 0.25) is 0 Å². The molecule has 0 spiro atoms. The number of rotatable bonds is 0. The molecular weight excluding hydrogens is 278 g/mol. The number of nitrogen functional groups attached to an aromatic ring is 1. The minimum Gasteiger partial charge on any atom is -0.398 e. The second-order valence-electron chi connectivity index (χ2n) is 8.03. The Morgan fingerprint density at radius 3 is 2.83 bits per heavy atom. The molecule has 23 heavy (non-hydrogen) atoms. The molecule has 4 rings (SSSR count). The summed E-state index contributed by atoms with van der Waals surface area (Å²) in [7, 11) is 0. The van der Waals surface area contributed by atoms with E-state index >= 15 is 0 Å². The SMILES string of the molecule is C=C1CCC2C3CCc4cc(N)c(C#CC)cc4C3CCC12C. The summed E-state index contributed by atoms with van der Waals surface area (Å²) in [5.74, 6) is 8.57. The lowest BCUT2D eigenvalue weighted by Gasteiger charge is -2.49. The van der Waals surface area contributed by atoms with Crippen molar-refractivity contribution in [3.05, 3.63) is 41.0 Å². The van der Waals surface area contributed by atoms with Gasteiger partial charge in [0.1, 0.15) is 0 Å². The van der Waals surface area contributed by atoms with E-state index in [0.717, 1.165) is 23.1 Å². The molecule has 0 radical (unpaired) electrons. The van der Waals surface area contributed by atoms with Gasteiger partial charge in [0.05, 0.1) is 0 Å². The van der Waals surface area contributed by atoms with E-state index in [0.29, 0.717) is 11.3 Å². The number of anilines is 1. The number of hydrogen-bond donors (Lipinski definition) is 1. The summed E-state index contributed by atoms with van der Waals surface area (Å²) >= 11 is 0. The summed E-state index contributed by atoms with van der Waals surface area (Å²) in [5.41, 5.74) is 13.0. The summed E-state index contributed by atoms with van der Waals surface area (Å²) in [6, 6.07) is 4.51. The Labute approximate surface area is 140 Å². The highest BCUT2D eigenvalue weighted by atomic mass is 14.6. The minimum absolute atomic E-state index is 0.401. The van der Waals surface area contributed by atoms with Gasteiger partial charge in [-0.15, -0.1) is 5.92 Å². The topological polar surface area (TPSA) is 26.0 Å². The van der Waals surface area contributed by atoms with Gasteiger partial charge in [-0.05, 0) is 91.9 Å². The number of aryl methyl sites for hydroxylation is 1. The summed E-state index contributed by atoms with van der Waals surface area (Å²) in [4.78, 5) is 0. The summed E-state index contributed by atoms with van der Waals surface area (Å²) in [5, 5.41) is 0. The molecule has 2 saturated carbocycles. The highest BCUT2D eigenvalue weighted by Gasteiger charge is 2.51. The smallest absolute Gasteiger partial charge is 0.0477 e. The lowest BCUT2D eigenvalue weighted by atomic mass is 9.55. The monoisotopic (exact) mass is 305 g/mol. The van der Waals surface area contributed by atoms with Crippen LogP contribution in [-0.2, 0) is 6.42 Å². The van der Waals surface area contributed by atoms with Crippen LogP contribution in [0.3, 0.4) is 0 Å². The van der Waals surface area contributed by atoms with Crippen LogP contribution in [0.15, 0.2) is 24.3 Å². The average Bonchev–Trinajstić information content (AvgIpc) is 2.84. The molecule has 1 nitrogen and oxygen atoms in total. The quantitative estimate of drug-likeness (QED) is 0.405. The molecule has 4 atom stereocenters. The van der Waals surface area contributed by atoms with Crippen LogP contribution in [0.5, 0.6) is 0 Å². The van der Waals surface area contributed by atoms with Crippen LogP contribution in [0.4, 0.5) is 5.69 Å². The number of nitrogens with two attached hydrogens (primary N) is 1. The predicted octanol–water partition coefficient (Wildman–Crippen LogP) is 5.05. The molecule has 0 aromatic heterocycles. The Morgan fingerprint density at radius 1 is 1.22 bits per heavy atom. The molecular formula is C22H27N. The van der Waals surface area contributed by atoms with E-state index in [1.807, 2.05) is 6.92 Å². The zero-order valence-corrected chi connectivity index (χ0v) is 14.4. The number of hydrogen-bond acceptors (Lipinski definition) is 1. The normalized spacial score (nSPS) is 34.9. The van der Waals surface area contributed by atoms with E-state index in [1.165, 1.54) is 49.7 Å². The lowest BCUT2D eigenvalue weighted by Crippen LogP contribution is -2.40. The van der Waals surface area contributed by atoms with Crippen molar-refractivity contribution >= 4 is 5.69 Å². The highest BCUT2D eigenvalue weighted by molar-refractivity contribution is 5.60. The second-order valence-corrected chi connectivity index (χ2v) is 8.03. The van der Waals surface area contributed by atoms with Crippen LogP contribution in [0.25, 0.3) is 0 Å². The van der Waals surface area contributed by atoms with Crippen LogP contribution >= 0.6 is 0 Å². The van der Waals surface area contributed by atoms with Crippen molar-refractivity contribution in [2.75, 3.05) is 5.73 Å². The first kappa shape index (κ1) is 14.9. The molecule has 0 amide bonds. The van der Waals surface area contributed by atoms with Gasteiger partial charge in [0.25, 0.3) is 0 Å². The highest BCUT2D eigenvalue weighted by Crippen LogP contribution is 2.62. The molecule has 1 aromatic carbocycles. The molecule has 2 N–H and O–H groups in total. The zero-order chi connectivity index (χ0) is 16.2. The maximum Gasteiger partial charge on any atom is 0.0477 e. The van der Waals surface area contributed by atoms with Gasteiger partial charge in [-0.3, -0.25) is 0 Å². The fourth-order valence-electron chi connectivity index (χ4n) is 5.79. The molecule has 4 unspecified atom stereocenters. The third kappa shape index (κ3) is 2.08. The van der Waals surface area contributed by atoms with E-state index in [-0.39, 0.29) is 0 Å². The van der Waals surface area contributed by atoms with Crippen LogP contribution in [0.1, 0.15) is 68.6 Å². The van der Waals surface area contributed by atoms with Crippen LogP contribution in [0, 0.1) is 29.1 Å². The van der Waals surface area contributed by atoms with Crippen molar-refractivity contribution in [1.29, 1.82) is 0 Å². The fraction of sp³-hybridized carbons (Fsp3) is 0.545. The molecule has 3 aliphatic carbocycles. The molecule has 1 heteroatoms. The first-order valence-corrected chi connectivity index (χ1v) is 9.08. The van der Waals surface area contributed by atoms with Crippen molar-refractivity contribution in [2.45, 2.75) is 58.3 Å². The molecule has 1 aromatic rings. The summed E-state index contributed by atoms with van der Waals surface area (Å²) in [6.45, 7) is 8.78. The van der Waals surface area contributed by atoms with E-state index < -0.39 is 0 Å². The van der Waals surface area contributed by atoms with E-state index in [4.69, 9.17) is 5.73 Å². The Balaban J connectivity index is 1.75. The third-order valence-electron chi connectivity index (χ3n) is 7.11. The largest absolute Gasteiger partial charge is 0.398 e. The van der Waals surface area contributed by atoms with Gasteiger partial charge in [0.15, 0.2) is 0 Å². The van der Waals surface area contributed by atoms with Gasteiger partial charge in [-0.1, -0.05) is 25.0 Å². The van der Waals surface area contributed by atoms with Gasteiger partial charge in [0.2, 0.25) is 0 Å². The molecule has 0 aliphatic heterocycles. The van der Waals surface area contributed by atoms with Gasteiger partial charge in [-0.2, -0.15) is 0 Å². The van der Waals surface area contributed by atoms with E-state index in [2.05, 4.69) is 37.5 Å². The molecule has 3 aliphatic rings. The predicted molar refractivity (Wildman–Crippen MR) is 97.2 cm³/mol. The Kier molecular flexibility index (Phi) is 3.34. The van der Waals surface area contributed by atoms with Gasteiger partial charge in [-0.25, -0.2) is 0 Å². The molecule has 0 saturated heterocycles. The maximum absolute atomic E-state index is 6.21.